The maximum absolute atomic E-state index is 12.2. The number of carbonyl (C=O) groups is 1. The van der Waals surface area contributed by atoms with Crippen LogP contribution in [0, 0.1) is 20.8 Å². The predicted octanol–water partition coefficient (Wildman–Crippen LogP) is 2.62. The second-order valence-electron chi connectivity index (χ2n) is 5.71. The summed E-state index contributed by atoms with van der Waals surface area (Å²) in [5, 5.41) is 0. The lowest BCUT2D eigenvalue weighted by Crippen LogP contribution is -2.31. The molecular formula is C16H24N2O. The predicted molar refractivity (Wildman–Crippen MR) is 78.0 cm³/mol. The van der Waals surface area contributed by atoms with Gasteiger partial charge in [-0.3, -0.25) is 4.79 Å². The largest absolute Gasteiger partial charge is 0.343 e. The molecule has 0 radical (unpaired) electrons. The molecule has 1 fully saturated rings. The Morgan fingerprint density at radius 2 is 1.74 bits per heavy atom. The van der Waals surface area contributed by atoms with Gasteiger partial charge in [0.1, 0.15) is 0 Å². The Labute approximate surface area is 115 Å². The van der Waals surface area contributed by atoms with Gasteiger partial charge in [0, 0.05) is 25.6 Å². The SMILES string of the molecule is Cc1cc(C)c(C(N)CC(=O)N2CCCC2)c(C)c1. The van der Waals surface area contributed by atoms with Gasteiger partial charge in [-0.2, -0.15) is 0 Å². The van der Waals surface area contributed by atoms with Crippen molar-refractivity contribution in [3.8, 4) is 0 Å². The van der Waals surface area contributed by atoms with Gasteiger partial charge in [-0.25, -0.2) is 0 Å². The van der Waals surface area contributed by atoms with E-state index in [2.05, 4.69) is 32.9 Å². The highest BCUT2D eigenvalue weighted by Gasteiger charge is 2.22. The van der Waals surface area contributed by atoms with E-state index in [1.165, 1.54) is 16.7 Å². The zero-order valence-electron chi connectivity index (χ0n) is 12.2. The smallest absolute Gasteiger partial charge is 0.224 e. The van der Waals surface area contributed by atoms with Crippen molar-refractivity contribution in [2.45, 2.75) is 46.1 Å². The lowest BCUT2D eigenvalue weighted by atomic mass is 9.92. The molecule has 1 saturated heterocycles. The zero-order valence-corrected chi connectivity index (χ0v) is 12.2. The van der Waals surface area contributed by atoms with Crippen molar-refractivity contribution >= 4 is 5.91 Å². The molecule has 104 valence electrons. The monoisotopic (exact) mass is 260 g/mol. The van der Waals surface area contributed by atoms with Gasteiger partial charge in [-0.05, 0) is 50.3 Å². The van der Waals surface area contributed by atoms with Crippen LogP contribution in [0.5, 0.6) is 0 Å². The van der Waals surface area contributed by atoms with Crippen LogP contribution in [0.4, 0.5) is 0 Å². The van der Waals surface area contributed by atoms with Crippen molar-refractivity contribution < 1.29 is 4.79 Å². The molecule has 19 heavy (non-hydrogen) atoms. The number of nitrogens with two attached hydrogens (primary N) is 1. The summed E-state index contributed by atoms with van der Waals surface area (Å²) in [6.07, 6.45) is 2.68. The van der Waals surface area contributed by atoms with Crippen molar-refractivity contribution in [3.63, 3.8) is 0 Å². The summed E-state index contributed by atoms with van der Waals surface area (Å²) in [7, 11) is 0. The number of benzene rings is 1. The molecule has 1 heterocycles. The minimum atomic E-state index is -0.186. The van der Waals surface area contributed by atoms with E-state index in [1.807, 2.05) is 4.90 Å². The summed E-state index contributed by atoms with van der Waals surface area (Å²) in [5.74, 6) is 0.198. The number of amides is 1. The highest BCUT2D eigenvalue weighted by atomic mass is 16.2. The van der Waals surface area contributed by atoms with Crippen molar-refractivity contribution in [1.82, 2.24) is 4.90 Å². The number of carbonyl (C=O) groups excluding carboxylic acids is 1. The Hall–Kier alpha value is -1.35. The summed E-state index contributed by atoms with van der Waals surface area (Å²) in [4.78, 5) is 14.1. The van der Waals surface area contributed by atoms with Gasteiger partial charge in [0.2, 0.25) is 5.91 Å². The maximum Gasteiger partial charge on any atom is 0.224 e. The fourth-order valence-corrected chi connectivity index (χ4v) is 3.16. The Morgan fingerprint density at radius 3 is 2.26 bits per heavy atom. The first-order chi connectivity index (χ1) is 8.99. The van der Waals surface area contributed by atoms with E-state index < -0.39 is 0 Å². The van der Waals surface area contributed by atoms with Crippen LogP contribution in [0.25, 0.3) is 0 Å². The van der Waals surface area contributed by atoms with Gasteiger partial charge in [0.05, 0.1) is 0 Å². The first kappa shape index (κ1) is 14.1. The van der Waals surface area contributed by atoms with Gasteiger partial charge in [0.15, 0.2) is 0 Å². The minimum Gasteiger partial charge on any atom is -0.343 e. The molecule has 0 saturated carbocycles. The molecular weight excluding hydrogens is 236 g/mol. The molecule has 1 aromatic carbocycles. The molecule has 1 aliphatic rings. The maximum atomic E-state index is 12.2. The number of aryl methyl sites for hydroxylation is 3. The van der Waals surface area contributed by atoms with Crippen molar-refractivity contribution in [2.24, 2.45) is 5.73 Å². The van der Waals surface area contributed by atoms with E-state index in [-0.39, 0.29) is 11.9 Å². The molecule has 0 aliphatic carbocycles. The van der Waals surface area contributed by atoms with E-state index in [0.717, 1.165) is 31.5 Å². The van der Waals surface area contributed by atoms with Crippen LogP contribution in [0.2, 0.25) is 0 Å². The number of rotatable bonds is 3. The van der Waals surface area contributed by atoms with E-state index in [1.54, 1.807) is 0 Å². The van der Waals surface area contributed by atoms with E-state index in [4.69, 9.17) is 5.73 Å². The molecule has 0 spiro atoms. The van der Waals surface area contributed by atoms with Gasteiger partial charge in [0.25, 0.3) is 0 Å². The number of nitrogens with zero attached hydrogens (tertiary/aromatic N) is 1. The Kier molecular flexibility index (Phi) is 4.25. The van der Waals surface area contributed by atoms with Gasteiger partial charge in [-0.15, -0.1) is 0 Å². The molecule has 1 aliphatic heterocycles. The summed E-state index contributed by atoms with van der Waals surface area (Å²) in [6.45, 7) is 8.05. The fourth-order valence-electron chi connectivity index (χ4n) is 3.16. The molecule has 0 bridgehead atoms. The molecule has 2 N–H and O–H groups in total. The lowest BCUT2D eigenvalue weighted by Gasteiger charge is -2.21. The summed E-state index contributed by atoms with van der Waals surface area (Å²) in [6, 6.07) is 4.10. The molecule has 1 amide bonds. The van der Waals surface area contributed by atoms with Crippen molar-refractivity contribution in [2.75, 3.05) is 13.1 Å². The Morgan fingerprint density at radius 1 is 1.21 bits per heavy atom. The van der Waals surface area contributed by atoms with Crippen LogP contribution in [0.15, 0.2) is 12.1 Å². The number of hydrogen-bond acceptors (Lipinski definition) is 2. The van der Waals surface area contributed by atoms with Crippen LogP contribution in [0.1, 0.15) is 47.6 Å². The second-order valence-corrected chi connectivity index (χ2v) is 5.71. The van der Waals surface area contributed by atoms with Crippen LogP contribution < -0.4 is 5.73 Å². The Bertz CT molecular complexity index is 453. The molecule has 3 heteroatoms. The normalized spacial score (nSPS) is 16.7. The highest BCUT2D eigenvalue weighted by molar-refractivity contribution is 5.77. The van der Waals surface area contributed by atoms with E-state index >= 15 is 0 Å². The third-order valence-electron chi connectivity index (χ3n) is 3.96. The molecule has 1 aromatic rings. The first-order valence-corrected chi connectivity index (χ1v) is 7.10. The second kappa shape index (κ2) is 5.74. The topological polar surface area (TPSA) is 46.3 Å². The molecule has 3 nitrogen and oxygen atoms in total. The van der Waals surface area contributed by atoms with E-state index in [0.29, 0.717) is 6.42 Å². The third kappa shape index (κ3) is 3.16. The lowest BCUT2D eigenvalue weighted by molar-refractivity contribution is -0.130. The van der Waals surface area contributed by atoms with Crippen molar-refractivity contribution in [3.05, 3.63) is 34.4 Å². The van der Waals surface area contributed by atoms with Gasteiger partial charge in [-0.1, -0.05) is 17.7 Å². The average Bonchev–Trinajstić information content (AvgIpc) is 2.80. The molecule has 0 aromatic heterocycles. The van der Waals surface area contributed by atoms with Crippen LogP contribution in [0.3, 0.4) is 0 Å². The summed E-state index contributed by atoms with van der Waals surface area (Å²) < 4.78 is 0. The average molecular weight is 260 g/mol. The standard InChI is InChI=1S/C16H24N2O/c1-11-8-12(2)16(13(3)9-11)14(17)10-15(19)18-6-4-5-7-18/h8-9,14H,4-7,10,17H2,1-3H3. The fraction of sp³-hybridized carbons (Fsp3) is 0.562. The third-order valence-corrected chi connectivity index (χ3v) is 3.96. The van der Waals surface area contributed by atoms with Crippen LogP contribution in [-0.2, 0) is 4.79 Å². The van der Waals surface area contributed by atoms with Gasteiger partial charge >= 0.3 is 0 Å². The number of hydrogen-bond donors (Lipinski definition) is 1. The van der Waals surface area contributed by atoms with Crippen molar-refractivity contribution in [1.29, 1.82) is 0 Å². The molecule has 2 rings (SSSR count). The zero-order chi connectivity index (χ0) is 14.0. The Balaban J connectivity index is 2.11. The minimum absolute atomic E-state index is 0.186. The first-order valence-electron chi connectivity index (χ1n) is 7.10. The summed E-state index contributed by atoms with van der Waals surface area (Å²) >= 11 is 0. The highest BCUT2D eigenvalue weighted by Crippen LogP contribution is 2.25. The van der Waals surface area contributed by atoms with E-state index in [9.17, 15) is 4.79 Å². The van der Waals surface area contributed by atoms with Crippen LogP contribution in [-0.4, -0.2) is 23.9 Å². The quantitative estimate of drug-likeness (QED) is 0.908. The summed E-state index contributed by atoms with van der Waals surface area (Å²) in [5.41, 5.74) is 11.0. The number of likely N-dealkylation sites (tertiary alicyclic amines) is 1. The van der Waals surface area contributed by atoms with Gasteiger partial charge < -0.3 is 10.6 Å². The molecule has 1 unspecified atom stereocenters. The molecule has 1 atom stereocenters. The van der Waals surface area contributed by atoms with Crippen LogP contribution >= 0.6 is 0 Å².